The van der Waals surface area contributed by atoms with Gasteiger partial charge in [-0.1, -0.05) is 24.3 Å². The summed E-state index contributed by atoms with van der Waals surface area (Å²) >= 11 is 0. The molecular weight excluding hydrogens is 264 g/mol. The van der Waals surface area contributed by atoms with Crippen LogP contribution in [0.2, 0.25) is 0 Å². The first-order valence-electron chi connectivity index (χ1n) is 7.98. The minimum absolute atomic E-state index is 0.231. The van der Waals surface area contributed by atoms with E-state index in [1.807, 2.05) is 4.90 Å². The topological polar surface area (TPSA) is 41.6 Å². The van der Waals surface area contributed by atoms with Crippen LogP contribution in [0.1, 0.15) is 36.3 Å². The predicted molar refractivity (Wildman–Crippen MR) is 82.1 cm³/mol. The summed E-state index contributed by atoms with van der Waals surface area (Å²) < 4.78 is 5.25. The SMILES string of the molecule is O=C(CCNCc1ccc(C2CC2)cc1)N1CCOCC1. The molecule has 2 aliphatic rings. The summed E-state index contributed by atoms with van der Waals surface area (Å²) in [5.74, 6) is 1.05. The van der Waals surface area contributed by atoms with E-state index in [1.54, 1.807) is 0 Å². The van der Waals surface area contributed by atoms with E-state index in [9.17, 15) is 4.79 Å². The van der Waals surface area contributed by atoms with Crippen molar-refractivity contribution in [1.82, 2.24) is 10.2 Å². The summed E-state index contributed by atoms with van der Waals surface area (Å²) in [7, 11) is 0. The van der Waals surface area contributed by atoms with Crippen LogP contribution in [0.15, 0.2) is 24.3 Å². The van der Waals surface area contributed by atoms with Gasteiger partial charge in [0.05, 0.1) is 13.2 Å². The van der Waals surface area contributed by atoms with Crippen molar-refractivity contribution in [2.24, 2.45) is 0 Å². The lowest BCUT2D eigenvalue weighted by Crippen LogP contribution is -2.41. The zero-order valence-corrected chi connectivity index (χ0v) is 12.5. The van der Waals surface area contributed by atoms with Crippen molar-refractivity contribution < 1.29 is 9.53 Å². The number of nitrogens with one attached hydrogen (secondary N) is 1. The molecule has 1 aliphatic carbocycles. The third-order valence-corrected chi connectivity index (χ3v) is 4.24. The van der Waals surface area contributed by atoms with Gasteiger partial charge < -0.3 is 15.0 Å². The molecule has 1 N–H and O–H groups in total. The van der Waals surface area contributed by atoms with Gasteiger partial charge in [-0.05, 0) is 29.9 Å². The number of carbonyl (C=O) groups is 1. The van der Waals surface area contributed by atoms with Crippen LogP contribution in [0.4, 0.5) is 0 Å². The normalized spacial score (nSPS) is 18.8. The molecule has 1 aromatic rings. The Morgan fingerprint density at radius 3 is 2.57 bits per heavy atom. The van der Waals surface area contributed by atoms with Crippen molar-refractivity contribution in [2.75, 3.05) is 32.8 Å². The molecule has 1 aliphatic heterocycles. The smallest absolute Gasteiger partial charge is 0.224 e. The summed E-state index contributed by atoms with van der Waals surface area (Å²) in [6.45, 7) is 4.39. The maximum Gasteiger partial charge on any atom is 0.224 e. The second-order valence-corrected chi connectivity index (χ2v) is 5.94. The second kappa shape index (κ2) is 7.05. The Bertz CT molecular complexity index is 462. The minimum atomic E-state index is 0.231. The van der Waals surface area contributed by atoms with Gasteiger partial charge in [0.15, 0.2) is 0 Å². The highest BCUT2D eigenvalue weighted by Gasteiger charge is 2.22. The highest BCUT2D eigenvalue weighted by molar-refractivity contribution is 5.76. The maximum absolute atomic E-state index is 12.0. The molecule has 0 aromatic heterocycles. The monoisotopic (exact) mass is 288 g/mol. The number of rotatable bonds is 6. The van der Waals surface area contributed by atoms with E-state index < -0.39 is 0 Å². The number of hydrogen-bond donors (Lipinski definition) is 1. The van der Waals surface area contributed by atoms with Crippen molar-refractivity contribution in [2.45, 2.75) is 31.7 Å². The van der Waals surface area contributed by atoms with Crippen molar-refractivity contribution in [3.05, 3.63) is 35.4 Å². The fourth-order valence-corrected chi connectivity index (χ4v) is 2.72. The molecule has 0 spiro atoms. The molecule has 1 heterocycles. The Morgan fingerprint density at radius 1 is 1.19 bits per heavy atom. The summed E-state index contributed by atoms with van der Waals surface area (Å²) in [5, 5.41) is 3.36. The largest absolute Gasteiger partial charge is 0.378 e. The first-order chi connectivity index (χ1) is 10.3. The Balaban J connectivity index is 1.34. The van der Waals surface area contributed by atoms with Crippen LogP contribution in [-0.4, -0.2) is 43.7 Å². The Labute approximate surface area is 126 Å². The van der Waals surface area contributed by atoms with Gasteiger partial charge in [-0.3, -0.25) is 4.79 Å². The van der Waals surface area contributed by atoms with Gasteiger partial charge in [0.25, 0.3) is 0 Å². The van der Waals surface area contributed by atoms with Crippen molar-refractivity contribution in [3.8, 4) is 0 Å². The van der Waals surface area contributed by atoms with Gasteiger partial charge in [-0.25, -0.2) is 0 Å². The van der Waals surface area contributed by atoms with Crippen LogP contribution >= 0.6 is 0 Å². The van der Waals surface area contributed by atoms with Crippen molar-refractivity contribution >= 4 is 5.91 Å². The van der Waals surface area contributed by atoms with E-state index >= 15 is 0 Å². The van der Waals surface area contributed by atoms with Gasteiger partial charge in [0.2, 0.25) is 5.91 Å². The first-order valence-corrected chi connectivity index (χ1v) is 7.98. The number of carbonyl (C=O) groups excluding carboxylic acids is 1. The molecule has 114 valence electrons. The molecule has 0 atom stereocenters. The summed E-state index contributed by atoms with van der Waals surface area (Å²) in [6, 6.07) is 8.88. The average molecular weight is 288 g/mol. The lowest BCUT2D eigenvalue weighted by molar-refractivity contribution is -0.135. The van der Waals surface area contributed by atoms with Gasteiger partial charge in [0.1, 0.15) is 0 Å². The van der Waals surface area contributed by atoms with E-state index in [-0.39, 0.29) is 5.91 Å². The molecule has 21 heavy (non-hydrogen) atoms. The summed E-state index contributed by atoms with van der Waals surface area (Å²) in [5.41, 5.74) is 2.76. The van der Waals surface area contributed by atoms with Gasteiger partial charge in [-0.2, -0.15) is 0 Å². The van der Waals surface area contributed by atoms with E-state index in [4.69, 9.17) is 4.74 Å². The first kappa shape index (κ1) is 14.5. The Kier molecular flexibility index (Phi) is 4.88. The fourth-order valence-electron chi connectivity index (χ4n) is 2.72. The van der Waals surface area contributed by atoms with Gasteiger partial charge >= 0.3 is 0 Å². The second-order valence-electron chi connectivity index (χ2n) is 5.94. The van der Waals surface area contributed by atoms with Crippen molar-refractivity contribution in [3.63, 3.8) is 0 Å². The van der Waals surface area contributed by atoms with Crippen LogP contribution in [0.25, 0.3) is 0 Å². The molecule has 0 radical (unpaired) electrons. The van der Waals surface area contributed by atoms with Crippen LogP contribution in [0.5, 0.6) is 0 Å². The number of morpholine rings is 1. The molecule has 3 rings (SSSR count). The van der Waals surface area contributed by atoms with Crippen LogP contribution in [0.3, 0.4) is 0 Å². The number of amides is 1. The van der Waals surface area contributed by atoms with Gasteiger partial charge in [-0.15, -0.1) is 0 Å². The molecular formula is C17H24N2O2. The molecule has 4 nitrogen and oxygen atoms in total. The van der Waals surface area contributed by atoms with Crippen LogP contribution < -0.4 is 5.32 Å². The van der Waals surface area contributed by atoms with Crippen LogP contribution in [0, 0.1) is 0 Å². The zero-order chi connectivity index (χ0) is 14.5. The van der Waals surface area contributed by atoms with E-state index in [0.29, 0.717) is 19.6 Å². The standard InChI is InChI=1S/C17H24N2O2/c20-17(19-9-11-21-12-10-19)7-8-18-13-14-1-3-15(4-2-14)16-5-6-16/h1-4,16,18H,5-13H2. The quantitative estimate of drug-likeness (QED) is 0.813. The summed E-state index contributed by atoms with van der Waals surface area (Å²) in [4.78, 5) is 13.9. The number of ether oxygens (including phenoxy) is 1. The highest BCUT2D eigenvalue weighted by Crippen LogP contribution is 2.39. The molecule has 0 bridgehead atoms. The number of benzene rings is 1. The maximum atomic E-state index is 12.0. The number of hydrogen-bond acceptors (Lipinski definition) is 3. The third-order valence-electron chi connectivity index (χ3n) is 4.24. The summed E-state index contributed by atoms with van der Waals surface area (Å²) in [6.07, 6.45) is 3.27. The molecule has 1 amide bonds. The molecule has 4 heteroatoms. The zero-order valence-electron chi connectivity index (χ0n) is 12.5. The van der Waals surface area contributed by atoms with Crippen molar-refractivity contribution in [1.29, 1.82) is 0 Å². The lowest BCUT2D eigenvalue weighted by atomic mass is 10.1. The lowest BCUT2D eigenvalue weighted by Gasteiger charge is -2.26. The molecule has 0 unspecified atom stereocenters. The third kappa shape index (κ3) is 4.29. The number of nitrogens with zero attached hydrogens (tertiary/aromatic N) is 1. The van der Waals surface area contributed by atoms with Gasteiger partial charge in [0, 0.05) is 32.6 Å². The molecule has 1 aromatic carbocycles. The van der Waals surface area contributed by atoms with E-state index in [2.05, 4.69) is 29.6 Å². The Hall–Kier alpha value is -1.39. The van der Waals surface area contributed by atoms with E-state index in [0.717, 1.165) is 32.1 Å². The molecule has 1 saturated carbocycles. The van der Waals surface area contributed by atoms with Crippen LogP contribution in [-0.2, 0) is 16.1 Å². The van der Waals surface area contributed by atoms with E-state index in [1.165, 1.54) is 24.0 Å². The predicted octanol–water partition coefficient (Wildman–Crippen LogP) is 1.90. The molecule has 2 fully saturated rings. The average Bonchev–Trinajstić information content (AvgIpc) is 3.38. The minimum Gasteiger partial charge on any atom is -0.378 e. The Morgan fingerprint density at radius 2 is 1.90 bits per heavy atom. The highest BCUT2D eigenvalue weighted by atomic mass is 16.5. The molecule has 1 saturated heterocycles. The fraction of sp³-hybridized carbons (Fsp3) is 0.588.